The summed E-state index contributed by atoms with van der Waals surface area (Å²) in [5.41, 5.74) is 1.50. The summed E-state index contributed by atoms with van der Waals surface area (Å²) in [4.78, 5) is 35.8. The second kappa shape index (κ2) is 12.1. The third-order valence-corrected chi connectivity index (χ3v) is 16.4. The number of hydrogen-bond donors (Lipinski definition) is 2. The standard InChI is InChI=1S/C44H63N3O3/c1-26(2)34-22-23-44(39(49)47-41(6,7)38-45-25-36(46-38)28-14-12-11-13-15-28)42(8,9)40(4,5)37-33-18-16-29-24-30(50-27(3)48)17-19-31(29)32(33)20-21-35(37)43(34,44)10/h11-15,25,29-35,37H,1,16-24H2,2-10H3,(H,45,46)(H,47,49). The van der Waals surface area contributed by atoms with E-state index >= 15 is 4.79 Å². The van der Waals surface area contributed by atoms with Crippen molar-refractivity contribution >= 4 is 11.9 Å². The van der Waals surface area contributed by atoms with Crippen molar-refractivity contribution in [1.29, 1.82) is 0 Å². The van der Waals surface area contributed by atoms with Crippen LogP contribution in [0.25, 0.3) is 11.3 Å². The molecule has 0 bridgehead atoms. The van der Waals surface area contributed by atoms with Gasteiger partial charge in [0.25, 0.3) is 0 Å². The SMILES string of the molecule is C=C(C)C1CCC2(C(=O)NC(C)(C)c3ncc(-c4ccccc4)[nH]3)C1(C)C1CCC3C4CCC(OC(C)=O)CC4CCC3C1C(C)(C)C2(C)C. The lowest BCUT2D eigenvalue weighted by Crippen LogP contribution is -2.73. The summed E-state index contributed by atoms with van der Waals surface area (Å²) in [5.74, 6) is 4.89. The molecule has 50 heavy (non-hydrogen) atoms. The molecule has 0 radical (unpaired) electrons. The normalized spacial score (nSPS) is 38.5. The zero-order chi connectivity index (χ0) is 36.0. The number of fused-ring (bicyclic) bond motifs is 7. The minimum atomic E-state index is -0.681. The maximum atomic E-state index is 15.6. The molecule has 6 nitrogen and oxygen atoms in total. The van der Waals surface area contributed by atoms with Gasteiger partial charge in [0, 0.05) is 6.92 Å². The van der Waals surface area contributed by atoms with Crippen molar-refractivity contribution in [3.05, 3.63) is 54.5 Å². The van der Waals surface area contributed by atoms with Crippen LogP contribution in [0.5, 0.6) is 0 Å². The lowest BCUT2D eigenvalue weighted by Gasteiger charge is -2.74. The summed E-state index contributed by atoms with van der Waals surface area (Å²) in [6.45, 7) is 25.1. The van der Waals surface area contributed by atoms with Crippen molar-refractivity contribution < 1.29 is 14.3 Å². The van der Waals surface area contributed by atoms with E-state index in [-0.39, 0.29) is 34.2 Å². The highest BCUT2D eigenvalue weighted by molar-refractivity contribution is 5.86. The summed E-state index contributed by atoms with van der Waals surface area (Å²) in [5, 5.41) is 3.66. The molecule has 1 amide bonds. The molecule has 6 heteroatoms. The summed E-state index contributed by atoms with van der Waals surface area (Å²) in [7, 11) is 0. The number of nitrogens with one attached hydrogen (secondary N) is 2. The zero-order valence-electron chi connectivity index (χ0n) is 32.3. The van der Waals surface area contributed by atoms with Crippen LogP contribution in [0.3, 0.4) is 0 Å². The minimum Gasteiger partial charge on any atom is -0.463 e. The Kier molecular flexibility index (Phi) is 8.58. The Morgan fingerprint density at radius 3 is 2.28 bits per heavy atom. The molecule has 10 unspecified atom stereocenters. The van der Waals surface area contributed by atoms with Crippen molar-refractivity contribution in [1.82, 2.24) is 15.3 Å². The molecule has 2 aromatic rings. The third-order valence-electron chi connectivity index (χ3n) is 16.4. The number of hydrogen-bond acceptors (Lipinski definition) is 4. The first-order chi connectivity index (χ1) is 23.5. The number of aromatic amines is 1. The maximum Gasteiger partial charge on any atom is 0.302 e. The van der Waals surface area contributed by atoms with Gasteiger partial charge in [-0.05, 0) is 142 Å². The number of imidazole rings is 1. The molecular formula is C44H63N3O3. The monoisotopic (exact) mass is 681 g/mol. The highest BCUT2D eigenvalue weighted by Gasteiger charge is 2.79. The van der Waals surface area contributed by atoms with Crippen LogP contribution in [-0.4, -0.2) is 27.9 Å². The van der Waals surface area contributed by atoms with Crippen molar-refractivity contribution in [2.24, 2.45) is 63.1 Å². The number of carbonyl (C=O) groups is 2. The van der Waals surface area contributed by atoms with Crippen LogP contribution in [0.2, 0.25) is 0 Å². The molecule has 10 atom stereocenters. The van der Waals surface area contributed by atoms with Crippen molar-refractivity contribution in [3.8, 4) is 11.3 Å². The van der Waals surface area contributed by atoms with E-state index in [0.29, 0.717) is 29.6 Å². The molecule has 7 rings (SSSR count). The number of H-pyrrole nitrogens is 1. The minimum absolute atomic E-state index is 0.0566. The molecule has 0 spiro atoms. The number of ether oxygens (including phenoxy) is 1. The number of rotatable bonds is 6. The second-order valence-corrected chi connectivity index (χ2v) is 19.1. The lowest BCUT2D eigenvalue weighted by molar-refractivity contribution is -0.258. The van der Waals surface area contributed by atoms with E-state index in [9.17, 15) is 4.79 Å². The van der Waals surface area contributed by atoms with Crippen LogP contribution in [0.15, 0.2) is 48.7 Å². The number of esters is 1. The molecular weight excluding hydrogens is 619 g/mol. The van der Waals surface area contributed by atoms with Gasteiger partial charge in [0.1, 0.15) is 11.9 Å². The third kappa shape index (κ3) is 4.95. The number of aromatic nitrogens is 2. The van der Waals surface area contributed by atoms with Crippen molar-refractivity contribution in [2.75, 3.05) is 0 Å². The Balaban J connectivity index is 1.24. The van der Waals surface area contributed by atoms with Crippen LogP contribution in [0, 0.1) is 63.1 Å². The lowest BCUT2D eigenvalue weighted by atomic mass is 9.30. The van der Waals surface area contributed by atoms with E-state index in [1.165, 1.54) is 37.7 Å². The fourth-order valence-corrected chi connectivity index (χ4v) is 13.9. The predicted octanol–water partition coefficient (Wildman–Crippen LogP) is 9.87. The van der Waals surface area contributed by atoms with Gasteiger partial charge in [0.2, 0.25) is 5.91 Å². The molecule has 2 N–H and O–H groups in total. The van der Waals surface area contributed by atoms with Gasteiger partial charge < -0.3 is 15.0 Å². The van der Waals surface area contributed by atoms with E-state index in [4.69, 9.17) is 9.72 Å². The number of allylic oxidation sites excluding steroid dienone is 1. The summed E-state index contributed by atoms with van der Waals surface area (Å²) in [6.07, 6.45) is 12.0. The average molecular weight is 682 g/mol. The molecule has 1 aromatic carbocycles. The topological polar surface area (TPSA) is 84.1 Å². The fourth-order valence-electron chi connectivity index (χ4n) is 13.9. The average Bonchev–Trinajstić information content (AvgIpc) is 3.69. The first-order valence-electron chi connectivity index (χ1n) is 19.7. The highest BCUT2D eigenvalue weighted by atomic mass is 16.5. The quantitative estimate of drug-likeness (QED) is 0.235. The van der Waals surface area contributed by atoms with E-state index in [1.807, 2.05) is 24.4 Å². The Hall–Kier alpha value is -2.89. The molecule has 1 heterocycles. The Labute approximate surface area is 301 Å². The molecule has 0 saturated heterocycles. The molecule has 5 aliphatic rings. The Morgan fingerprint density at radius 2 is 1.60 bits per heavy atom. The van der Waals surface area contributed by atoms with Gasteiger partial charge in [-0.25, -0.2) is 4.98 Å². The van der Waals surface area contributed by atoms with E-state index < -0.39 is 11.0 Å². The van der Waals surface area contributed by atoms with Crippen LogP contribution < -0.4 is 5.32 Å². The Bertz CT molecular complexity index is 1640. The summed E-state index contributed by atoms with van der Waals surface area (Å²) >= 11 is 0. The molecule has 5 saturated carbocycles. The zero-order valence-corrected chi connectivity index (χ0v) is 32.3. The van der Waals surface area contributed by atoms with E-state index in [1.54, 1.807) is 6.92 Å². The smallest absolute Gasteiger partial charge is 0.302 e. The van der Waals surface area contributed by atoms with Gasteiger partial charge in [-0.1, -0.05) is 77.1 Å². The summed E-state index contributed by atoms with van der Waals surface area (Å²) < 4.78 is 5.74. The van der Waals surface area contributed by atoms with Gasteiger partial charge in [0.05, 0.1) is 22.8 Å². The molecule has 1 aromatic heterocycles. The van der Waals surface area contributed by atoms with E-state index in [0.717, 1.165) is 54.6 Å². The predicted molar refractivity (Wildman–Crippen MR) is 200 cm³/mol. The van der Waals surface area contributed by atoms with Gasteiger partial charge >= 0.3 is 5.97 Å². The number of amides is 1. The van der Waals surface area contributed by atoms with Gasteiger partial charge in [-0.2, -0.15) is 0 Å². The van der Waals surface area contributed by atoms with Crippen LogP contribution in [0.1, 0.15) is 126 Å². The second-order valence-electron chi connectivity index (χ2n) is 19.1. The van der Waals surface area contributed by atoms with Gasteiger partial charge in [-0.15, -0.1) is 0 Å². The maximum absolute atomic E-state index is 15.6. The number of carbonyl (C=O) groups excluding carboxylic acids is 2. The first kappa shape index (κ1) is 35.5. The fraction of sp³-hybridized carbons (Fsp3) is 0.705. The first-order valence-corrected chi connectivity index (χ1v) is 19.7. The molecule has 5 aliphatic carbocycles. The van der Waals surface area contributed by atoms with Gasteiger partial charge in [-0.3, -0.25) is 9.59 Å². The molecule has 0 aliphatic heterocycles. The summed E-state index contributed by atoms with van der Waals surface area (Å²) in [6, 6.07) is 10.3. The number of benzene rings is 1. The largest absolute Gasteiger partial charge is 0.463 e. The Morgan fingerprint density at radius 1 is 0.920 bits per heavy atom. The molecule has 272 valence electrons. The van der Waals surface area contributed by atoms with Crippen molar-refractivity contribution in [3.63, 3.8) is 0 Å². The van der Waals surface area contributed by atoms with Gasteiger partial charge in [0.15, 0.2) is 0 Å². The van der Waals surface area contributed by atoms with Crippen molar-refractivity contribution in [2.45, 2.75) is 132 Å². The molecule has 5 fully saturated rings. The van der Waals surface area contributed by atoms with Crippen LogP contribution in [-0.2, 0) is 19.9 Å². The van der Waals surface area contributed by atoms with E-state index in [2.05, 4.69) is 84.4 Å². The number of nitrogens with zero attached hydrogens (tertiary/aromatic N) is 1. The van der Waals surface area contributed by atoms with Crippen LogP contribution in [0.4, 0.5) is 0 Å². The van der Waals surface area contributed by atoms with Crippen LogP contribution >= 0.6 is 0 Å². The highest BCUT2D eigenvalue weighted by Crippen LogP contribution is 2.81.